The normalized spacial score (nSPS) is 16.4. The van der Waals surface area contributed by atoms with Crippen molar-refractivity contribution in [2.24, 2.45) is 5.41 Å². The summed E-state index contributed by atoms with van der Waals surface area (Å²) in [6.45, 7) is 5.72. The molecule has 39 heavy (non-hydrogen) atoms. The molecule has 3 aromatic rings. The summed E-state index contributed by atoms with van der Waals surface area (Å²) in [4.78, 5) is 31.6. The fourth-order valence-electron chi connectivity index (χ4n) is 6.48. The highest BCUT2D eigenvalue weighted by Crippen LogP contribution is 2.48. The molecule has 2 fully saturated rings. The molecule has 1 aliphatic carbocycles. The van der Waals surface area contributed by atoms with Crippen LogP contribution in [0.2, 0.25) is 0 Å². The summed E-state index contributed by atoms with van der Waals surface area (Å²) < 4.78 is 15.4. The van der Waals surface area contributed by atoms with Crippen LogP contribution in [0.15, 0.2) is 48.5 Å². The third kappa shape index (κ3) is 5.68. The van der Waals surface area contributed by atoms with Crippen LogP contribution in [0.1, 0.15) is 71.4 Å². The zero-order chi connectivity index (χ0) is 27.6. The smallest absolute Gasteiger partial charge is 0.307 e. The second-order valence-corrected chi connectivity index (χ2v) is 11.1. The number of aliphatic carboxylic acids is 1. The van der Waals surface area contributed by atoms with Gasteiger partial charge in [-0.05, 0) is 68.2 Å². The highest BCUT2D eigenvalue weighted by Gasteiger charge is 2.38. The Balaban J connectivity index is 1.48. The van der Waals surface area contributed by atoms with E-state index in [0.717, 1.165) is 48.4 Å². The van der Waals surface area contributed by atoms with Gasteiger partial charge in [-0.1, -0.05) is 49.2 Å². The third-order valence-electron chi connectivity index (χ3n) is 8.59. The number of amides is 1. The van der Waals surface area contributed by atoms with Crippen molar-refractivity contribution in [3.05, 3.63) is 82.4 Å². The number of carbonyl (C=O) groups is 2. The number of aryl methyl sites for hydroxylation is 2. The summed E-state index contributed by atoms with van der Waals surface area (Å²) in [7, 11) is 0. The Labute approximate surface area is 229 Å². The molecule has 2 aromatic carbocycles. The molecule has 1 saturated heterocycles. The number of rotatable bonds is 7. The van der Waals surface area contributed by atoms with Crippen molar-refractivity contribution in [2.75, 3.05) is 18.0 Å². The molecule has 204 valence electrons. The number of carboxylic acid groups (broad SMARTS) is 1. The van der Waals surface area contributed by atoms with Crippen molar-refractivity contribution < 1.29 is 19.1 Å². The number of hydrogen-bond donors (Lipinski definition) is 2. The van der Waals surface area contributed by atoms with Crippen molar-refractivity contribution in [1.29, 1.82) is 0 Å². The Morgan fingerprint density at radius 2 is 1.69 bits per heavy atom. The lowest BCUT2D eigenvalue weighted by atomic mass is 9.76. The largest absolute Gasteiger partial charge is 0.481 e. The Morgan fingerprint density at radius 1 is 1.00 bits per heavy atom. The van der Waals surface area contributed by atoms with E-state index in [4.69, 9.17) is 0 Å². The molecule has 0 radical (unpaired) electrons. The lowest BCUT2D eigenvalue weighted by Crippen LogP contribution is -2.40. The van der Waals surface area contributed by atoms with Crippen LogP contribution in [0, 0.1) is 25.1 Å². The van der Waals surface area contributed by atoms with Crippen molar-refractivity contribution >= 4 is 17.6 Å². The Bertz CT molecular complexity index is 1370. The topological polar surface area (TPSA) is 82.5 Å². The highest BCUT2D eigenvalue weighted by atomic mass is 19.1. The molecule has 7 heteroatoms. The molecule has 0 bridgehead atoms. The van der Waals surface area contributed by atoms with Crippen molar-refractivity contribution in [3.8, 4) is 11.1 Å². The van der Waals surface area contributed by atoms with Crippen molar-refractivity contribution in [2.45, 2.75) is 65.3 Å². The van der Waals surface area contributed by atoms with E-state index in [9.17, 15) is 14.7 Å². The first kappa shape index (κ1) is 26.9. The summed E-state index contributed by atoms with van der Waals surface area (Å²) in [5.41, 5.74) is 5.58. The summed E-state index contributed by atoms with van der Waals surface area (Å²) in [6, 6.07) is 14.1. The molecule has 0 atom stereocenters. The minimum absolute atomic E-state index is 0.0270. The molecule has 2 N–H and O–H groups in total. The van der Waals surface area contributed by atoms with Crippen LogP contribution in [0.5, 0.6) is 0 Å². The third-order valence-corrected chi connectivity index (χ3v) is 8.59. The molecule has 2 aliphatic rings. The minimum Gasteiger partial charge on any atom is -0.481 e. The number of pyridine rings is 1. The number of nitrogens with zero attached hydrogens (tertiary/aromatic N) is 2. The zero-order valence-corrected chi connectivity index (χ0v) is 22.7. The lowest BCUT2D eigenvalue weighted by Gasteiger charge is -2.42. The van der Waals surface area contributed by atoms with Gasteiger partial charge in [0.25, 0.3) is 5.91 Å². The predicted molar refractivity (Wildman–Crippen MR) is 150 cm³/mol. The molecular formula is C32H36FN3O3. The Kier molecular flexibility index (Phi) is 7.69. The van der Waals surface area contributed by atoms with Gasteiger partial charge in [0.05, 0.1) is 17.7 Å². The van der Waals surface area contributed by atoms with E-state index in [0.29, 0.717) is 28.8 Å². The number of anilines is 1. The van der Waals surface area contributed by atoms with E-state index in [1.807, 2.05) is 44.2 Å². The number of benzene rings is 2. The summed E-state index contributed by atoms with van der Waals surface area (Å²) in [5.74, 6) is -2.02. The minimum atomic E-state index is -0.920. The number of nitrogens with one attached hydrogen (secondary N) is 1. The van der Waals surface area contributed by atoms with Gasteiger partial charge in [0.2, 0.25) is 0 Å². The predicted octanol–water partition coefficient (Wildman–Crippen LogP) is 6.22. The summed E-state index contributed by atoms with van der Waals surface area (Å²) in [5, 5.41) is 12.5. The van der Waals surface area contributed by atoms with Gasteiger partial charge in [-0.15, -0.1) is 0 Å². The van der Waals surface area contributed by atoms with E-state index < -0.39 is 17.7 Å². The molecule has 1 saturated carbocycles. The van der Waals surface area contributed by atoms with Gasteiger partial charge in [0.15, 0.2) is 0 Å². The van der Waals surface area contributed by atoms with Crippen LogP contribution in [0.25, 0.3) is 11.1 Å². The van der Waals surface area contributed by atoms with E-state index in [1.54, 1.807) is 6.07 Å². The van der Waals surface area contributed by atoms with Crippen molar-refractivity contribution in [1.82, 2.24) is 10.3 Å². The average molecular weight is 530 g/mol. The van der Waals surface area contributed by atoms with Gasteiger partial charge in [-0.3, -0.25) is 14.6 Å². The van der Waals surface area contributed by atoms with Gasteiger partial charge < -0.3 is 15.3 Å². The van der Waals surface area contributed by atoms with Gasteiger partial charge in [0.1, 0.15) is 5.82 Å². The van der Waals surface area contributed by atoms with Gasteiger partial charge in [-0.25, -0.2) is 4.39 Å². The Morgan fingerprint density at radius 3 is 2.33 bits per heavy atom. The van der Waals surface area contributed by atoms with E-state index >= 15 is 4.39 Å². The quantitative estimate of drug-likeness (QED) is 0.380. The van der Waals surface area contributed by atoms with E-state index in [-0.39, 0.29) is 12.0 Å². The Hall–Kier alpha value is -3.74. The fourth-order valence-corrected chi connectivity index (χ4v) is 6.48. The van der Waals surface area contributed by atoms with Crippen molar-refractivity contribution in [3.63, 3.8) is 0 Å². The number of piperidine rings is 1. The van der Waals surface area contributed by atoms with Crippen LogP contribution in [-0.2, 0) is 17.8 Å². The van der Waals surface area contributed by atoms with Gasteiger partial charge in [-0.2, -0.15) is 0 Å². The summed E-state index contributed by atoms with van der Waals surface area (Å²) in [6.07, 6.45) is 7.11. The number of carboxylic acids is 1. The first-order valence-corrected chi connectivity index (χ1v) is 13.9. The maximum atomic E-state index is 15.4. The molecule has 2 heterocycles. The van der Waals surface area contributed by atoms with Crippen LogP contribution >= 0.6 is 0 Å². The van der Waals surface area contributed by atoms with Crippen LogP contribution in [0.4, 0.5) is 10.1 Å². The molecule has 1 spiro atoms. The number of halogens is 1. The highest BCUT2D eigenvalue weighted by molar-refractivity contribution is 5.95. The second kappa shape index (κ2) is 11.2. The molecule has 6 nitrogen and oxygen atoms in total. The second-order valence-electron chi connectivity index (χ2n) is 11.1. The maximum Gasteiger partial charge on any atom is 0.307 e. The monoisotopic (exact) mass is 529 g/mol. The van der Waals surface area contributed by atoms with Crippen LogP contribution in [0.3, 0.4) is 0 Å². The first-order chi connectivity index (χ1) is 18.8. The molecule has 0 unspecified atom stereocenters. The number of carbonyl (C=O) groups excluding carboxylic acids is 1. The average Bonchev–Trinajstić information content (AvgIpc) is 3.37. The number of hydrogen-bond acceptors (Lipinski definition) is 4. The van der Waals surface area contributed by atoms with Crippen LogP contribution in [-0.4, -0.2) is 35.1 Å². The number of aromatic nitrogens is 1. The van der Waals surface area contributed by atoms with Crippen LogP contribution < -0.4 is 10.2 Å². The molecular weight excluding hydrogens is 493 g/mol. The van der Waals surface area contributed by atoms with Gasteiger partial charge in [0, 0.05) is 42.1 Å². The fraction of sp³-hybridized carbons (Fsp3) is 0.406. The zero-order valence-electron chi connectivity index (χ0n) is 22.7. The molecule has 1 aromatic heterocycles. The molecule has 1 amide bonds. The summed E-state index contributed by atoms with van der Waals surface area (Å²) >= 11 is 0. The standard InChI is InChI=1S/C32H36FN3O3/c1-21-26(19-28(37)38)30(36-16-14-32(15-17-36)12-6-7-13-32)29(22(2)35-21)24-10-11-25(27(33)18-24)31(39)34-20-23-8-4-3-5-9-23/h3-5,8-11,18H,6-7,12-17,19-20H2,1-2H3,(H,34,39)(H,37,38). The van der Waals surface area contributed by atoms with E-state index in [2.05, 4.69) is 15.2 Å². The molecule has 5 rings (SSSR count). The molecule has 1 aliphatic heterocycles. The van der Waals surface area contributed by atoms with E-state index in [1.165, 1.54) is 37.8 Å². The van der Waals surface area contributed by atoms with Gasteiger partial charge >= 0.3 is 5.97 Å². The maximum absolute atomic E-state index is 15.4. The SMILES string of the molecule is Cc1nc(C)c(-c2ccc(C(=O)NCc3ccccc3)c(F)c2)c(N2CCC3(CCCC3)CC2)c1CC(=O)O. The lowest BCUT2D eigenvalue weighted by molar-refractivity contribution is -0.136. The first-order valence-electron chi connectivity index (χ1n) is 13.9.